The molecule has 0 aliphatic carbocycles. The monoisotopic (exact) mass is 277 g/mol. The lowest BCUT2D eigenvalue weighted by Crippen LogP contribution is -2.30. The van der Waals surface area contributed by atoms with Crippen LogP contribution in [-0.2, 0) is 14.3 Å². The smallest absolute Gasteiger partial charge is 0.333 e. The quantitative estimate of drug-likeness (QED) is 0.346. The van der Waals surface area contributed by atoms with E-state index in [-0.39, 0.29) is 10.7 Å². The molecule has 0 aromatic carbocycles. The molecule has 0 bridgehead atoms. The van der Waals surface area contributed by atoms with E-state index in [0.29, 0.717) is 25.1 Å². The molecule has 1 amide bonds. The Balaban J connectivity index is 3.44. The lowest BCUT2D eigenvalue weighted by Gasteiger charge is -2.07. The van der Waals surface area contributed by atoms with E-state index >= 15 is 0 Å². The fourth-order valence-corrected chi connectivity index (χ4v) is 0.874. The van der Waals surface area contributed by atoms with Gasteiger partial charge in [0.05, 0.1) is 11.4 Å². The van der Waals surface area contributed by atoms with Gasteiger partial charge in [0.15, 0.2) is 0 Å². The molecule has 0 rings (SSSR count). The minimum absolute atomic E-state index is 0.0683. The highest BCUT2D eigenvalue weighted by Gasteiger charge is 2.07. The van der Waals surface area contributed by atoms with E-state index in [1.807, 2.05) is 0 Å². The minimum Gasteiger partial charge on any atom is -0.462 e. The Morgan fingerprint density at radius 1 is 1.53 bits per heavy atom. The highest BCUT2D eigenvalue weighted by molar-refractivity contribution is 9.10. The first-order valence-corrected chi connectivity index (χ1v) is 5.61. The van der Waals surface area contributed by atoms with Gasteiger partial charge in [-0.1, -0.05) is 22.5 Å². The Morgan fingerprint density at radius 3 is 2.60 bits per heavy atom. The van der Waals surface area contributed by atoms with Crippen LogP contribution in [0, 0.1) is 0 Å². The molecule has 0 aromatic heterocycles. The molecule has 1 atom stereocenters. The Hall–Kier alpha value is -0.840. The molecule has 86 valence electrons. The normalized spacial score (nSPS) is 11.7. The van der Waals surface area contributed by atoms with Crippen LogP contribution < -0.4 is 5.32 Å². The van der Waals surface area contributed by atoms with Crippen LogP contribution in [0.5, 0.6) is 0 Å². The average molecular weight is 278 g/mol. The van der Waals surface area contributed by atoms with Gasteiger partial charge in [-0.3, -0.25) is 4.79 Å². The van der Waals surface area contributed by atoms with Crippen molar-refractivity contribution in [2.75, 3.05) is 13.2 Å². The zero-order valence-corrected chi connectivity index (χ0v) is 10.6. The van der Waals surface area contributed by atoms with Crippen molar-refractivity contribution in [1.82, 2.24) is 5.32 Å². The predicted octanol–water partition coefficient (Wildman–Crippen LogP) is 1.40. The summed E-state index contributed by atoms with van der Waals surface area (Å²) >= 11 is 3.14. The number of rotatable bonds is 6. The molecule has 15 heavy (non-hydrogen) atoms. The second-order valence-corrected chi connectivity index (χ2v) is 4.55. The second kappa shape index (κ2) is 7.45. The maximum atomic E-state index is 11.1. The molecule has 0 spiro atoms. The molecule has 0 aliphatic heterocycles. The van der Waals surface area contributed by atoms with Crippen molar-refractivity contribution >= 4 is 27.8 Å². The van der Waals surface area contributed by atoms with Crippen molar-refractivity contribution in [1.29, 1.82) is 0 Å². The van der Waals surface area contributed by atoms with E-state index < -0.39 is 5.97 Å². The van der Waals surface area contributed by atoms with Crippen LogP contribution in [0.3, 0.4) is 0 Å². The van der Waals surface area contributed by atoms with E-state index in [2.05, 4.69) is 27.8 Å². The summed E-state index contributed by atoms with van der Waals surface area (Å²) in [5.41, 5.74) is 0.383. The summed E-state index contributed by atoms with van der Waals surface area (Å²) in [4.78, 5) is 21.8. The summed E-state index contributed by atoms with van der Waals surface area (Å²) in [5, 5.41) is 2.69. The molecular weight excluding hydrogens is 262 g/mol. The predicted molar refractivity (Wildman–Crippen MR) is 61.8 cm³/mol. The Kier molecular flexibility index (Phi) is 7.03. The molecule has 0 aliphatic rings. The van der Waals surface area contributed by atoms with Crippen LogP contribution in [-0.4, -0.2) is 29.9 Å². The van der Waals surface area contributed by atoms with E-state index in [1.54, 1.807) is 13.8 Å². The zero-order chi connectivity index (χ0) is 11.8. The molecule has 4 nitrogen and oxygen atoms in total. The lowest BCUT2D eigenvalue weighted by molar-refractivity contribution is -0.138. The SMILES string of the molecule is C=C(C)C(=O)OCCCNC(=O)C(C)Br. The summed E-state index contributed by atoms with van der Waals surface area (Å²) in [5.74, 6) is -0.462. The molecule has 1 unspecified atom stereocenters. The minimum atomic E-state index is -0.393. The number of halogens is 1. The van der Waals surface area contributed by atoms with Gasteiger partial charge in [0.2, 0.25) is 5.91 Å². The largest absolute Gasteiger partial charge is 0.462 e. The number of hydrogen-bond donors (Lipinski definition) is 1. The summed E-state index contributed by atoms with van der Waals surface area (Å²) in [7, 11) is 0. The van der Waals surface area contributed by atoms with Crippen LogP contribution in [0.15, 0.2) is 12.2 Å². The van der Waals surface area contributed by atoms with Gasteiger partial charge in [0.1, 0.15) is 0 Å². The van der Waals surface area contributed by atoms with Gasteiger partial charge in [-0.15, -0.1) is 0 Å². The van der Waals surface area contributed by atoms with Gasteiger partial charge in [0.25, 0.3) is 0 Å². The van der Waals surface area contributed by atoms with Crippen molar-refractivity contribution in [2.45, 2.75) is 25.1 Å². The Bertz CT molecular complexity index is 251. The molecule has 0 saturated heterocycles. The summed E-state index contributed by atoms with van der Waals surface area (Å²) in [6.07, 6.45) is 0.602. The van der Waals surface area contributed by atoms with Gasteiger partial charge in [-0.25, -0.2) is 4.79 Å². The number of alkyl halides is 1. The van der Waals surface area contributed by atoms with E-state index in [1.165, 1.54) is 0 Å². The van der Waals surface area contributed by atoms with Crippen molar-refractivity contribution in [3.63, 3.8) is 0 Å². The van der Waals surface area contributed by atoms with Crippen LogP contribution in [0.2, 0.25) is 0 Å². The number of carbonyl (C=O) groups is 2. The topological polar surface area (TPSA) is 55.4 Å². The maximum absolute atomic E-state index is 11.1. The van der Waals surface area contributed by atoms with Gasteiger partial charge in [0, 0.05) is 12.1 Å². The van der Waals surface area contributed by atoms with E-state index in [0.717, 1.165) is 0 Å². The molecule has 0 radical (unpaired) electrons. The Labute approximate surface area is 98.2 Å². The summed E-state index contributed by atoms with van der Waals surface area (Å²) < 4.78 is 4.84. The number of nitrogens with one attached hydrogen (secondary N) is 1. The molecule has 0 aromatic rings. The third-order valence-electron chi connectivity index (χ3n) is 1.56. The molecule has 0 fully saturated rings. The lowest BCUT2D eigenvalue weighted by atomic mass is 10.3. The third-order valence-corrected chi connectivity index (χ3v) is 1.98. The average Bonchev–Trinajstić information content (AvgIpc) is 2.16. The fourth-order valence-electron chi connectivity index (χ4n) is 0.712. The number of ether oxygens (including phenoxy) is 1. The van der Waals surface area contributed by atoms with Crippen molar-refractivity contribution in [3.05, 3.63) is 12.2 Å². The first kappa shape index (κ1) is 14.2. The summed E-state index contributed by atoms with van der Waals surface area (Å²) in [6, 6.07) is 0. The van der Waals surface area contributed by atoms with Crippen LogP contribution in [0.25, 0.3) is 0 Å². The van der Waals surface area contributed by atoms with Crippen LogP contribution in [0.4, 0.5) is 0 Å². The second-order valence-electron chi connectivity index (χ2n) is 3.18. The molecule has 0 saturated carbocycles. The van der Waals surface area contributed by atoms with Gasteiger partial charge < -0.3 is 10.1 Å². The Morgan fingerprint density at radius 2 is 2.13 bits per heavy atom. The molecular formula is C10H16BrNO3. The highest BCUT2D eigenvalue weighted by Crippen LogP contribution is 1.96. The molecule has 5 heteroatoms. The number of carbonyl (C=O) groups excluding carboxylic acids is 2. The molecule has 1 N–H and O–H groups in total. The van der Waals surface area contributed by atoms with E-state index in [9.17, 15) is 9.59 Å². The maximum Gasteiger partial charge on any atom is 0.333 e. The number of hydrogen-bond acceptors (Lipinski definition) is 3. The third kappa shape index (κ3) is 7.13. The number of esters is 1. The van der Waals surface area contributed by atoms with Crippen molar-refractivity contribution in [3.8, 4) is 0 Å². The van der Waals surface area contributed by atoms with Crippen LogP contribution >= 0.6 is 15.9 Å². The highest BCUT2D eigenvalue weighted by atomic mass is 79.9. The van der Waals surface area contributed by atoms with E-state index in [4.69, 9.17) is 4.74 Å². The van der Waals surface area contributed by atoms with Crippen molar-refractivity contribution in [2.24, 2.45) is 0 Å². The van der Waals surface area contributed by atoms with Crippen LogP contribution in [0.1, 0.15) is 20.3 Å². The first-order chi connectivity index (χ1) is 6.95. The summed E-state index contributed by atoms with van der Waals surface area (Å²) in [6.45, 7) is 7.59. The standard InChI is InChI=1S/C10H16BrNO3/c1-7(2)10(14)15-6-4-5-12-9(13)8(3)11/h8H,1,4-6H2,2-3H3,(H,12,13). The number of amides is 1. The first-order valence-electron chi connectivity index (χ1n) is 4.69. The van der Waals surface area contributed by atoms with Gasteiger partial charge in [-0.05, 0) is 20.3 Å². The van der Waals surface area contributed by atoms with Crippen molar-refractivity contribution < 1.29 is 14.3 Å². The fraction of sp³-hybridized carbons (Fsp3) is 0.600. The van der Waals surface area contributed by atoms with Gasteiger partial charge in [-0.2, -0.15) is 0 Å². The molecule has 0 heterocycles. The van der Waals surface area contributed by atoms with Gasteiger partial charge >= 0.3 is 5.97 Å². The zero-order valence-electron chi connectivity index (χ0n) is 9.01.